The van der Waals surface area contributed by atoms with Gasteiger partial charge >= 0.3 is 5.97 Å². The highest BCUT2D eigenvalue weighted by Crippen LogP contribution is 2.62. The molecule has 1 saturated heterocycles. The summed E-state index contributed by atoms with van der Waals surface area (Å²) in [5.74, 6) is -0.393. The SMILES string of the molecule is CCC1C(=O)CC2(C(O)C3CCCCC3)C(=O)OC12C. The van der Waals surface area contributed by atoms with Crippen molar-refractivity contribution in [2.75, 3.05) is 0 Å². The predicted molar refractivity (Wildman–Crippen MR) is 72.9 cm³/mol. The number of carbonyl (C=O) groups excluding carboxylic acids is 2. The molecule has 4 nitrogen and oxygen atoms in total. The van der Waals surface area contributed by atoms with Crippen LogP contribution in [-0.4, -0.2) is 28.6 Å². The van der Waals surface area contributed by atoms with Gasteiger partial charge in [0.2, 0.25) is 0 Å². The van der Waals surface area contributed by atoms with Crippen molar-refractivity contribution >= 4 is 11.8 Å². The van der Waals surface area contributed by atoms with Crippen LogP contribution in [0.2, 0.25) is 0 Å². The molecule has 3 rings (SSSR count). The fraction of sp³-hybridized carbons (Fsp3) is 0.875. The molecule has 20 heavy (non-hydrogen) atoms. The van der Waals surface area contributed by atoms with Crippen LogP contribution < -0.4 is 0 Å². The second-order valence-electron chi connectivity index (χ2n) is 6.91. The highest BCUT2D eigenvalue weighted by molar-refractivity contribution is 6.00. The van der Waals surface area contributed by atoms with E-state index >= 15 is 0 Å². The van der Waals surface area contributed by atoms with E-state index in [1.165, 1.54) is 6.42 Å². The summed E-state index contributed by atoms with van der Waals surface area (Å²) < 4.78 is 5.42. The minimum Gasteiger partial charge on any atom is -0.457 e. The molecule has 4 heteroatoms. The van der Waals surface area contributed by atoms with Crippen molar-refractivity contribution in [1.82, 2.24) is 0 Å². The van der Waals surface area contributed by atoms with Crippen molar-refractivity contribution in [3.8, 4) is 0 Å². The van der Waals surface area contributed by atoms with Gasteiger partial charge in [0, 0.05) is 6.42 Å². The second kappa shape index (κ2) is 4.55. The summed E-state index contributed by atoms with van der Waals surface area (Å²) in [5, 5.41) is 10.9. The Morgan fingerprint density at radius 3 is 2.50 bits per heavy atom. The van der Waals surface area contributed by atoms with Gasteiger partial charge in [0.05, 0.1) is 12.0 Å². The molecule has 1 heterocycles. The molecule has 3 fully saturated rings. The fourth-order valence-corrected chi connectivity index (χ4v) is 4.85. The molecule has 0 aromatic rings. The third-order valence-electron chi connectivity index (χ3n) is 6.07. The third kappa shape index (κ3) is 1.51. The number of esters is 1. The molecule has 0 amide bonds. The summed E-state index contributed by atoms with van der Waals surface area (Å²) in [6.45, 7) is 3.79. The number of hydrogen-bond donors (Lipinski definition) is 1. The molecule has 112 valence electrons. The number of Topliss-reactive ketones (excluding diaryl/α,β-unsaturated/α-hetero) is 1. The topological polar surface area (TPSA) is 63.6 Å². The van der Waals surface area contributed by atoms with Crippen molar-refractivity contribution in [2.24, 2.45) is 17.3 Å². The number of ketones is 1. The number of aliphatic hydroxyl groups is 1. The molecule has 0 spiro atoms. The molecule has 3 aliphatic rings. The Balaban J connectivity index is 1.92. The first kappa shape index (κ1) is 14.1. The summed E-state index contributed by atoms with van der Waals surface area (Å²) in [6, 6.07) is 0. The standard InChI is InChI=1S/C16H24O4/c1-3-11-12(17)9-16(14(19)20-15(11,16)2)13(18)10-7-5-4-6-8-10/h10-11,13,18H,3-9H2,1-2H3. The first-order valence-corrected chi connectivity index (χ1v) is 7.91. The van der Waals surface area contributed by atoms with E-state index in [4.69, 9.17) is 4.74 Å². The summed E-state index contributed by atoms with van der Waals surface area (Å²) in [6.07, 6.45) is 5.43. The van der Waals surface area contributed by atoms with E-state index in [2.05, 4.69) is 0 Å². The van der Waals surface area contributed by atoms with Crippen LogP contribution in [0.5, 0.6) is 0 Å². The zero-order valence-electron chi connectivity index (χ0n) is 12.4. The van der Waals surface area contributed by atoms with Crippen LogP contribution in [-0.2, 0) is 14.3 Å². The van der Waals surface area contributed by atoms with E-state index in [1.54, 1.807) is 0 Å². The number of aliphatic hydroxyl groups excluding tert-OH is 1. The van der Waals surface area contributed by atoms with Gasteiger partial charge in [-0.3, -0.25) is 9.59 Å². The number of rotatable bonds is 3. The Kier molecular flexibility index (Phi) is 3.20. The third-order valence-corrected chi connectivity index (χ3v) is 6.07. The zero-order valence-corrected chi connectivity index (χ0v) is 12.4. The monoisotopic (exact) mass is 280 g/mol. The van der Waals surface area contributed by atoms with Crippen LogP contribution >= 0.6 is 0 Å². The maximum Gasteiger partial charge on any atom is 0.319 e. The maximum absolute atomic E-state index is 12.3. The van der Waals surface area contributed by atoms with Gasteiger partial charge in [-0.2, -0.15) is 0 Å². The quantitative estimate of drug-likeness (QED) is 0.805. The van der Waals surface area contributed by atoms with Crippen LogP contribution in [0.25, 0.3) is 0 Å². The lowest BCUT2D eigenvalue weighted by Crippen LogP contribution is -2.70. The van der Waals surface area contributed by atoms with Crippen LogP contribution in [0.3, 0.4) is 0 Å². The van der Waals surface area contributed by atoms with Gasteiger partial charge in [-0.1, -0.05) is 26.2 Å². The predicted octanol–water partition coefficient (Wildman–Crippen LogP) is 2.23. The minimum absolute atomic E-state index is 0.0794. The Bertz CT molecular complexity index is 440. The number of hydrogen-bond acceptors (Lipinski definition) is 4. The molecule has 1 N–H and O–H groups in total. The van der Waals surface area contributed by atoms with Gasteiger partial charge in [-0.05, 0) is 32.1 Å². The molecule has 4 atom stereocenters. The average Bonchev–Trinajstić information content (AvgIpc) is 2.62. The minimum atomic E-state index is -0.966. The summed E-state index contributed by atoms with van der Waals surface area (Å²) >= 11 is 0. The number of carbonyl (C=O) groups is 2. The van der Waals surface area contributed by atoms with Gasteiger partial charge in [0.1, 0.15) is 16.8 Å². The van der Waals surface area contributed by atoms with E-state index in [9.17, 15) is 14.7 Å². The molecule has 0 aromatic heterocycles. The number of ether oxygens (including phenoxy) is 1. The lowest BCUT2D eigenvalue weighted by atomic mass is 9.60. The second-order valence-corrected chi connectivity index (χ2v) is 6.91. The van der Waals surface area contributed by atoms with Gasteiger partial charge in [-0.25, -0.2) is 0 Å². The highest BCUT2D eigenvalue weighted by atomic mass is 16.6. The lowest BCUT2D eigenvalue weighted by molar-refractivity contribution is -0.265. The van der Waals surface area contributed by atoms with Gasteiger partial charge < -0.3 is 9.84 Å². The Morgan fingerprint density at radius 1 is 1.30 bits per heavy atom. The molecule has 4 unspecified atom stereocenters. The Hall–Kier alpha value is -0.900. The highest BCUT2D eigenvalue weighted by Gasteiger charge is 2.78. The van der Waals surface area contributed by atoms with Crippen LogP contribution in [0.4, 0.5) is 0 Å². The van der Waals surface area contributed by atoms with Crippen molar-refractivity contribution in [1.29, 1.82) is 0 Å². The average molecular weight is 280 g/mol. The van der Waals surface area contributed by atoms with E-state index < -0.39 is 17.1 Å². The molecule has 1 aliphatic heterocycles. The number of fused-ring (bicyclic) bond motifs is 1. The van der Waals surface area contributed by atoms with E-state index in [1.807, 2.05) is 13.8 Å². The van der Waals surface area contributed by atoms with Gasteiger partial charge in [0.25, 0.3) is 0 Å². The molecule has 2 saturated carbocycles. The van der Waals surface area contributed by atoms with Crippen molar-refractivity contribution in [2.45, 2.75) is 70.5 Å². The normalized spacial score (nSPS) is 42.9. The maximum atomic E-state index is 12.3. The smallest absolute Gasteiger partial charge is 0.319 e. The molecule has 0 radical (unpaired) electrons. The lowest BCUT2D eigenvalue weighted by Gasteiger charge is -2.55. The fourth-order valence-electron chi connectivity index (χ4n) is 4.85. The van der Waals surface area contributed by atoms with Crippen LogP contribution in [0.1, 0.15) is 58.8 Å². The Morgan fingerprint density at radius 2 is 1.95 bits per heavy atom. The largest absolute Gasteiger partial charge is 0.457 e. The summed E-state index contributed by atoms with van der Waals surface area (Å²) in [7, 11) is 0. The van der Waals surface area contributed by atoms with Crippen LogP contribution in [0, 0.1) is 17.3 Å². The van der Waals surface area contributed by atoms with Crippen LogP contribution in [0.15, 0.2) is 0 Å². The van der Waals surface area contributed by atoms with E-state index in [-0.39, 0.29) is 30.0 Å². The van der Waals surface area contributed by atoms with Crippen molar-refractivity contribution in [3.05, 3.63) is 0 Å². The molecule has 0 aromatic carbocycles. The first-order valence-electron chi connectivity index (χ1n) is 7.91. The summed E-state index contributed by atoms with van der Waals surface area (Å²) in [4.78, 5) is 24.5. The molecular formula is C16H24O4. The molecular weight excluding hydrogens is 256 g/mol. The van der Waals surface area contributed by atoms with Gasteiger partial charge in [-0.15, -0.1) is 0 Å². The zero-order chi connectivity index (χ0) is 14.5. The van der Waals surface area contributed by atoms with Crippen molar-refractivity contribution in [3.63, 3.8) is 0 Å². The summed E-state index contributed by atoms with van der Waals surface area (Å²) in [5.41, 5.74) is -1.75. The van der Waals surface area contributed by atoms with E-state index in [0.717, 1.165) is 25.7 Å². The van der Waals surface area contributed by atoms with E-state index in [0.29, 0.717) is 6.42 Å². The molecule has 2 aliphatic carbocycles. The van der Waals surface area contributed by atoms with Gasteiger partial charge in [0.15, 0.2) is 0 Å². The van der Waals surface area contributed by atoms with Crippen molar-refractivity contribution < 1.29 is 19.4 Å². The first-order chi connectivity index (χ1) is 9.47. The molecule has 0 bridgehead atoms. The Labute approximate surface area is 119 Å².